The van der Waals surface area contributed by atoms with Crippen LogP contribution in [0.25, 0.3) is 0 Å². The van der Waals surface area contributed by atoms with Crippen LogP contribution in [0.3, 0.4) is 0 Å². The number of nitrogens with two attached hydrogens (primary N) is 1. The van der Waals surface area contributed by atoms with E-state index in [4.69, 9.17) is 10.8 Å². The fourth-order valence-corrected chi connectivity index (χ4v) is 8.50. The summed E-state index contributed by atoms with van der Waals surface area (Å²) in [6.07, 6.45) is 12.1. The van der Waals surface area contributed by atoms with Gasteiger partial charge in [0.1, 0.15) is 6.04 Å². The minimum Gasteiger partial charge on any atom is -0.480 e. The highest BCUT2D eigenvalue weighted by molar-refractivity contribution is 5.78. The summed E-state index contributed by atoms with van der Waals surface area (Å²) in [6, 6.07) is -0.858. The number of carboxylic acid groups (broad SMARTS) is 1. The quantitative estimate of drug-likeness (QED) is 0.340. The third-order valence-corrected chi connectivity index (χ3v) is 10.5. The van der Waals surface area contributed by atoms with Crippen LogP contribution in [0.2, 0.25) is 0 Å². The molecule has 1 amide bonds. The summed E-state index contributed by atoms with van der Waals surface area (Å²) in [7, 11) is 0. The third kappa shape index (κ3) is 4.38. The maximum atomic E-state index is 13.0. The Kier molecular flexibility index (Phi) is 6.99. The first kappa shape index (κ1) is 24.7. The first-order valence-corrected chi connectivity index (χ1v) is 13.2. The summed E-state index contributed by atoms with van der Waals surface area (Å²) in [5.74, 6) is 1.57. The Balaban J connectivity index is 1.39. The van der Waals surface area contributed by atoms with Crippen LogP contribution in [0.5, 0.6) is 0 Å². The maximum Gasteiger partial charge on any atom is 0.320 e. The lowest BCUT2D eigenvalue weighted by atomic mass is 9.47. The van der Waals surface area contributed by atoms with Gasteiger partial charge in [-0.2, -0.15) is 0 Å². The van der Waals surface area contributed by atoms with Crippen molar-refractivity contribution in [1.82, 2.24) is 5.32 Å². The molecule has 5 N–H and O–H groups in total. The molecular formula is C27H44N2O4. The van der Waals surface area contributed by atoms with Gasteiger partial charge in [-0.05, 0) is 98.7 Å². The van der Waals surface area contributed by atoms with Gasteiger partial charge in [-0.15, -0.1) is 0 Å². The van der Waals surface area contributed by atoms with Crippen molar-refractivity contribution < 1.29 is 19.8 Å². The van der Waals surface area contributed by atoms with Gasteiger partial charge in [0.25, 0.3) is 0 Å². The largest absolute Gasteiger partial charge is 0.480 e. The summed E-state index contributed by atoms with van der Waals surface area (Å²) in [5, 5.41) is 22.2. The Morgan fingerprint density at radius 1 is 1.18 bits per heavy atom. The molecule has 4 aliphatic carbocycles. The van der Waals surface area contributed by atoms with Crippen molar-refractivity contribution in [2.75, 3.05) is 6.54 Å². The van der Waals surface area contributed by atoms with Gasteiger partial charge in [0.15, 0.2) is 0 Å². The van der Waals surface area contributed by atoms with E-state index in [2.05, 4.69) is 32.2 Å². The van der Waals surface area contributed by atoms with Crippen LogP contribution in [0.1, 0.15) is 85.0 Å². The number of carboxylic acids is 1. The number of nitrogens with one attached hydrogen (secondary N) is 1. The summed E-state index contributed by atoms with van der Waals surface area (Å²) in [5.41, 5.74) is 7.53. The second-order valence-electron chi connectivity index (χ2n) is 12.1. The molecule has 1 unspecified atom stereocenters. The van der Waals surface area contributed by atoms with Crippen molar-refractivity contribution in [3.8, 4) is 0 Å². The van der Waals surface area contributed by atoms with Gasteiger partial charge in [0.05, 0.1) is 6.10 Å². The predicted molar refractivity (Wildman–Crippen MR) is 128 cm³/mol. The lowest BCUT2D eigenvalue weighted by molar-refractivity contribution is -0.138. The zero-order valence-electron chi connectivity index (χ0n) is 20.7. The highest BCUT2D eigenvalue weighted by Gasteiger charge is 2.59. The molecule has 4 rings (SSSR count). The fourth-order valence-electron chi connectivity index (χ4n) is 8.50. The molecule has 0 radical (unpaired) electrons. The molecule has 0 heterocycles. The van der Waals surface area contributed by atoms with E-state index < -0.39 is 12.0 Å². The number of hydrogen-bond donors (Lipinski definition) is 4. The van der Waals surface area contributed by atoms with Crippen LogP contribution < -0.4 is 11.1 Å². The normalized spacial score (nSPS) is 41.7. The maximum absolute atomic E-state index is 13.0. The third-order valence-electron chi connectivity index (χ3n) is 10.5. The standard InChI is InChI=1S/C27H44N2O4/c1-16(24(31)29-14-4-5-23(28)25(32)33)20-8-9-21-19-7-6-17-15-18(30)10-12-26(17,2)22(19)11-13-27(20,21)3/h6,16,18-23,30H,4-5,7-15,28H2,1-3H3,(H,29,31)(H,32,33)/t16-,18-,19?,20+,21-,22-,23-,26-,27+/m0/s1. The predicted octanol–water partition coefficient (Wildman–Crippen LogP) is 3.87. The molecule has 0 aromatic rings. The molecule has 0 bridgehead atoms. The summed E-state index contributed by atoms with van der Waals surface area (Å²) in [4.78, 5) is 23.9. The van der Waals surface area contributed by atoms with Gasteiger partial charge in [-0.3, -0.25) is 9.59 Å². The number of amides is 1. The van der Waals surface area contributed by atoms with Crippen LogP contribution in [-0.4, -0.2) is 40.8 Å². The van der Waals surface area contributed by atoms with Crippen molar-refractivity contribution in [1.29, 1.82) is 0 Å². The minimum atomic E-state index is -0.988. The number of aliphatic hydroxyl groups is 1. The van der Waals surface area contributed by atoms with Crippen LogP contribution in [0.4, 0.5) is 0 Å². The van der Waals surface area contributed by atoms with Crippen LogP contribution in [0, 0.1) is 40.4 Å². The van der Waals surface area contributed by atoms with Crippen LogP contribution >= 0.6 is 0 Å². The molecule has 9 atom stereocenters. The van der Waals surface area contributed by atoms with E-state index in [0.29, 0.717) is 43.1 Å². The zero-order chi connectivity index (χ0) is 24.0. The van der Waals surface area contributed by atoms with Crippen molar-refractivity contribution in [2.24, 2.45) is 46.2 Å². The Morgan fingerprint density at radius 2 is 1.94 bits per heavy atom. The zero-order valence-corrected chi connectivity index (χ0v) is 20.7. The Hall–Kier alpha value is -1.40. The number of allylic oxidation sites excluding steroid dienone is 1. The molecule has 0 spiro atoms. The van der Waals surface area contributed by atoms with Crippen molar-refractivity contribution in [3.05, 3.63) is 11.6 Å². The van der Waals surface area contributed by atoms with Crippen molar-refractivity contribution in [3.63, 3.8) is 0 Å². The highest BCUT2D eigenvalue weighted by Crippen LogP contribution is 2.67. The fraction of sp³-hybridized carbons (Fsp3) is 0.852. The van der Waals surface area contributed by atoms with E-state index in [-0.39, 0.29) is 28.8 Å². The SMILES string of the molecule is C[C@H](C(=O)NCCC[C@H](N)C(=O)O)[C@H]1CC[C@H]2C3CC=C4C[C@@H](O)CC[C@]4(C)[C@H]3CC[C@]12C. The smallest absolute Gasteiger partial charge is 0.320 e. The Labute approximate surface area is 198 Å². The molecule has 0 aromatic carbocycles. The number of carbonyl (C=O) groups is 2. The van der Waals surface area contributed by atoms with E-state index >= 15 is 0 Å². The topological polar surface area (TPSA) is 113 Å². The molecule has 0 saturated heterocycles. The molecule has 0 aromatic heterocycles. The van der Waals surface area contributed by atoms with Gasteiger partial charge >= 0.3 is 5.97 Å². The van der Waals surface area contributed by atoms with Gasteiger partial charge in [0.2, 0.25) is 5.91 Å². The molecule has 3 saturated carbocycles. The lowest BCUT2D eigenvalue weighted by Gasteiger charge is -2.58. The highest BCUT2D eigenvalue weighted by atomic mass is 16.4. The van der Waals surface area contributed by atoms with E-state index in [9.17, 15) is 14.7 Å². The Bertz CT molecular complexity index is 797. The van der Waals surface area contributed by atoms with Crippen LogP contribution in [-0.2, 0) is 9.59 Å². The molecule has 4 aliphatic rings. The molecule has 33 heavy (non-hydrogen) atoms. The number of aliphatic hydroxyl groups excluding tert-OH is 1. The summed E-state index contributed by atoms with van der Waals surface area (Å²) in [6.45, 7) is 7.49. The van der Waals surface area contributed by atoms with E-state index in [0.717, 1.165) is 32.1 Å². The van der Waals surface area contributed by atoms with Gasteiger partial charge in [-0.25, -0.2) is 0 Å². The number of rotatable bonds is 7. The van der Waals surface area contributed by atoms with E-state index in [1.807, 2.05) is 0 Å². The number of carbonyl (C=O) groups excluding carboxylic acids is 1. The van der Waals surface area contributed by atoms with Crippen molar-refractivity contribution in [2.45, 2.75) is 97.1 Å². The first-order chi connectivity index (χ1) is 15.6. The van der Waals surface area contributed by atoms with Gasteiger partial charge in [0, 0.05) is 12.5 Å². The van der Waals surface area contributed by atoms with E-state index in [1.165, 1.54) is 24.8 Å². The summed E-state index contributed by atoms with van der Waals surface area (Å²) >= 11 is 0. The van der Waals surface area contributed by atoms with Crippen LogP contribution in [0.15, 0.2) is 11.6 Å². The number of aliphatic carboxylic acids is 1. The van der Waals surface area contributed by atoms with Crippen molar-refractivity contribution >= 4 is 11.9 Å². The molecule has 6 heteroatoms. The minimum absolute atomic E-state index is 0.0280. The second-order valence-corrected chi connectivity index (χ2v) is 12.1. The van der Waals surface area contributed by atoms with Gasteiger partial charge in [-0.1, -0.05) is 32.4 Å². The Morgan fingerprint density at radius 3 is 2.67 bits per heavy atom. The molecule has 186 valence electrons. The second kappa shape index (κ2) is 9.33. The average Bonchev–Trinajstić information content (AvgIpc) is 3.13. The lowest BCUT2D eigenvalue weighted by Crippen LogP contribution is -2.51. The molecular weight excluding hydrogens is 416 g/mol. The first-order valence-electron chi connectivity index (χ1n) is 13.2. The molecule has 3 fully saturated rings. The molecule has 6 nitrogen and oxygen atoms in total. The average molecular weight is 461 g/mol. The van der Waals surface area contributed by atoms with Gasteiger partial charge < -0.3 is 21.3 Å². The monoisotopic (exact) mass is 460 g/mol. The number of hydrogen-bond acceptors (Lipinski definition) is 4. The number of fused-ring (bicyclic) bond motifs is 5. The van der Waals surface area contributed by atoms with E-state index in [1.54, 1.807) is 0 Å². The summed E-state index contributed by atoms with van der Waals surface area (Å²) < 4.78 is 0. The molecule has 0 aliphatic heterocycles.